The van der Waals surface area contributed by atoms with Gasteiger partial charge in [0.15, 0.2) is 11.9 Å². The number of para-hydroxylation sites is 2. The lowest BCUT2D eigenvalue weighted by Crippen LogP contribution is -2.14. The Morgan fingerprint density at radius 2 is 1.18 bits per heavy atom. The van der Waals surface area contributed by atoms with Crippen LogP contribution in [0.25, 0.3) is 32.5 Å². The summed E-state index contributed by atoms with van der Waals surface area (Å²) in [5.41, 5.74) is 46.1. The molecular weight excluding hydrogens is 762 g/mol. The highest BCUT2D eigenvalue weighted by Gasteiger charge is 2.20. The van der Waals surface area contributed by atoms with Gasteiger partial charge in [0.1, 0.15) is 11.0 Å². The van der Waals surface area contributed by atoms with E-state index in [0.29, 0.717) is 38.9 Å². The summed E-state index contributed by atoms with van der Waals surface area (Å²) in [5, 5.41) is 12.2. The Kier molecular flexibility index (Phi) is 14.5. The summed E-state index contributed by atoms with van der Waals surface area (Å²) in [6.45, 7) is 6.00. The van der Waals surface area contributed by atoms with Crippen molar-refractivity contribution in [2.45, 2.75) is 0 Å². The first-order valence-corrected chi connectivity index (χ1v) is 16.7. The van der Waals surface area contributed by atoms with E-state index in [9.17, 15) is 33.7 Å². The number of nitrogen functional groups attached to an aromatic ring is 4. The Bertz CT molecular complexity index is 2560. The van der Waals surface area contributed by atoms with Crippen LogP contribution in [0.4, 0.5) is 33.3 Å². The normalized spacial score (nSPS) is 9.91. The first kappa shape index (κ1) is 43.1. The van der Waals surface area contributed by atoms with Gasteiger partial charge in [-0.25, -0.2) is 9.97 Å². The molecule has 0 bridgehead atoms. The highest BCUT2D eigenvalue weighted by atomic mass is 32.1. The largest absolute Gasteiger partial charge is 0.397 e. The van der Waals surface area contributed by atoms with Crippen LogP contribution in [-0.4, -0.2) is 48.5 Å². The Morgan fingerprint density at radius 3 is 1.70 bits per heavy atom. The van der Waals surface area contributed by atoms with Crippen molar-refractivity contribution in [2.75, 3.05) is 22.9 Å². The molecule has 4 amide bonds. The van der Waals surface area contributed by atoms with Gasteiger partial charge in [-0.1, -0.05) is 24.3 Å². The van der Waals surface area contributed by atoms with Crippen molar-refractivity contribution < 1.29 is 28.5 Å². The van der Waals surface area contributed by atoms with E-state index < -0.39 is 45.6 Å². The number of hydrogen-bond acceptors (Lipinski definition) is 13. The lowest BCUT2D eigenvalue weighted by molar-refractivity contribution is -0.387. The van der Waals surface area contributed by atoms with Crippen LogP contribution < -0.4 is 45.9 Å². The highest BCUT2D eigenvalue weighted by Crippen LogP contribution is 2.30. The number of benzene rings is 4. The fourth-order valence-corrected chi connectivity index (χ4v) is 5.52. The number of anilines is 4. The third-order valence-electron chi connectivity index (χ3n) is 7.32. The van der Waals surface area contributed by atoms with Crippen LogP contribution in [0.1, 0.15) is 41.4 Å². The van der Waals surface area contributed by atoms with Gasteiger partial charge in [0.25, 0.3) is 23.6 Å². The van der Waals surface area contributed by atoms with Crippen LogP contribution in [0.2, 0.25) is 0 Å². The number of nitro benzene ring substituents is 1. The van der Waals surface area contributed by atoms with E-state index in [1.165, 1.54) is 12.1 Å². The number of nitro groups is 1. The molecule has 18 N–H and O–H groups in total. The molecule has 0 radical (unpaired) electrons. The quantitative estimate of drug-likeness (QED) is 0.0497. The van der Waals surface area contributed by atoms with E-state index >= 15 is 0 Å². The molecule has 0 aliphatic carbocycles. The number of aromatic amines is 2. The fourth-order valence-electron chi connectivity index (χ4n) is 4.81. The molecule has 7 aromatic rings. The van der Waals surface area contributed by atoms with E-state index in [4.69, 9.17) is 45.9 Å². The maximum atomic E-state index is 13.0. The SMILES string of the molecule is C=C.NC(=O)c1cc(-c2cccs2)cc2[nH]c(N)nc12.NC(=O)c1cccc(N)c1N.NC(=O)c1cccc([N+](=O)[O-])c1F.NC(=O)c1cccc2[nH]c(N)nc12. The number of carbonyl (C=O) groups is 4. The Balaban J connectivity index is 0.000000204. The zero-order valence-corrected chi connectivity index (χ0v) is 30.5. The van der Waals surface area contributed by atoms with E-state index in [-0.39, 0.29) is 23.1 Å². The number of amides is 4. The number of halogens is 1. The topological polar surface area (TPSA) is 377 Å². The Labute approximate surface area is 325 Å². The van der Waals surface area contributed by atoms with Crippen LogP contribution in [0, 0.1) is 15.9 Å². The van der Waals surface area contributed by atoms with Crippen molar-refractivity contribution in [3.8, 4) is 10.4 Å². The van der Waals surface area contributed by atoms with Gasteiger partial charge in [-0.2, -0.15) is 4.39 Å². The Morgan fingerprint density at radius 1 is 0.667 bits per heavy atom. The molecule has 0 atom stereocenters. The van der Waals surface area contributed by atoms with Crippen molar-refractivity contribution in [3.63, 3.8) is 0 Å². The molecule has 57 heavy (non-hydrogen) atoms. The van der Waals surface area contributed by atoms with Crippen LogP contribution in [-0.2, 0) is 0 Å². The number of aromatic nitrogens is 4. The van der Waals surface area contributed by atoms with E-state index in [1.54, 1.807) is 47.7 Å². The second kappa shape index (κ2) is 19.1. The second-order valence-electron chi connectivity index (χ2n) is 11.0. The number of nitrogens with one attached hydrogen (secondary N) is 2. The number of fused-ring (bicyclic) bond motifs is 2. The maximum Gasteiger partial charge on any atom is 0.305 e. The van der Waals surface area contributed by atoms with Gasteiger partial charge in [-0.3, -0.25) is 29.3 Å². The third-order valence-corrected chi connectivity index (χ3v) is 8.24. The number of imidazole rings is 2. The summed E-state index contributed by atoms with van der Waals surface area (Å²) in [7, 11) is 0. The number of hydrogen-bond donors (Lipinski definition) is 10. The molecule has 0 saturated carbocycles. The summed E-state index contributed by atoms with van der Waals surface area (Å²) in [6.07, 6.45) is 0. The minimum atomic E-state index is -1.19. The molecule has 0 saturated heterocycles. The molecular formula is C36H36FN13O6S. The molecule has 4 aromatic carbocycles. The summed E-state index contributed by atoms with van der Waals surface area (Å²) in [5.74, 6) is -3.24. The average Bonchev–Trinajstić information content (AvgIpc) is 3.93. The summed E-state index contributed by atoms with van der Waals surface area (Å²) >= 11 is 1.59. The van der Waals surface area contributed by atoms with E-state index in [1.807, 2.05) is 23.6 Å². The number of nitrogens with two attached hydrogens (primary N) is 8. The second-order valence-corrected chi connectivity index (χ2v) is 12.0. The maximum absolute atomic E-state index is 13.0. The average molecular weight is 798 g/mol. The smallest absolute Gasteiger partial charge is 0.305 e. The predicted molar refractivity (Wildman–Crippen MR) is 218 cm³/mol. The summed E-state index contributed by atoms with van der Waals surface area (Å²) in [6, 6.07) is 20.7. The monoisotopic (exact) mass is 797 g/mol. The first-order valence-electron chi connectivity index (χ1n) is 15.8. The molecule has 0 spiro atoms. The van der Waals surface area contributed by atoms with Crippen LogP contribution >= 0.6 is 11.3 Å². The van der Waals surface area contributed by atoms with Crippen molar-refractivity contribution in [1.29, 1.82) is 0 Å². The van der Waals surface area contributed by atoms with Crippen molar-refractivity contribution in [2.24, 2.45) is 22.9 Å². The van der Waals surface area contributed by atoms with Gasteiger partial charge in [0.05, 0.1) is 49.6 Å². The summed E-state index contributed by atoms with van der Waals surface area (Å²) < 4.78 is 13.0. The van der Waals surface area contributed by atoms with Gasteiger partial charge in [-0.15, -0.1) is 24.5 Å². The van der Waals surface area contributed by atoms with Gasteiger partial charge in [0.2, 0.25) is 5.82 Å². The first-order chi connectivity index (χ1) is 27.0. The molecule has 19 nitrogen and oxygen atoms in total. The number of rotatable bonds is 6. The fraction of sp³-hybridized carbons (Fsp3) is 0. The molecule has 294 valence electrons. The number of nitrogens with zero attached hydrogens (tertiary/aromatic N) is 3. The lowest BCUT2D eigenvalue weighted by Gasteiger charge is -2.02. The van der Waals surface area contributed by atoms with Crippen molar-refractivity contribution in [3.05, 3.63) is 136 Å². The molecule has 3 heterocycles. The van der Waals surface area contributed by atoms with Crippen molar-refractivity contribution >= 4 is 86.0 Å². The molecule has 21 heteroatoms. The minimum Gasteiger partial charge on any atom is -0.397 e. The predicted octanol–water partition coefficient (Wildman–Crippen LogP) is 3.80. The van der Waals surface area contributed by atoms with Crippen LogP contribution in [0.5, 0.6) is 0 Å². The van der Waals surface area contributed by atoms with Crippen molar-refractivity contribution in [1.82, 2.24) is 19.9 Å². The van der Waals surface area contributed by atoms with E-state index in [0.717, 1.165) is 22.6 Å². The lowest BCUT2D eigenvalue weighted by atomic mass is 10.1. The Hall–Kier alpha value is -8.33. The van der Waals surface area contributed by atoms with Gasteiger partial charge in [0, 0.05) is 10.9 Å². The zero-order chi connectivity index (χ0) is 42.6. The molecule has 0 aliphatic rings. The molecule has 0 fully saturated rings. The van der Waals surface area contributed by atoms with Gasteiger partial charge < -0.3 is 55.8 Å². The summed E-state index contributed by atoms with van der Waals surface area (Å²) in [4.78, 5) is 67.8. The third kappa shape index (κ3) is 10.6. The molecule has 7 rings (SSSR count). The number of primary amides is 4. The molecule has 0 aliphatic heterocycles. The van der Waals surface area contributed by atoms with Crippen LogP contribution in [0.15, 0.2) is 97.4 Å². The number of thiophene rings is 1. The van der Waals surface area contributed by atoms with Crippen LogP contribution in [0.3, 0.4) is 0 Å². The zero-order valence-electron chi connectivity index (χ0n) is 29.7. The molecule has 0 unspecified atom stereocenters. The minimum absolute atomic E-state index is 0.250. The molecule has 3 aromatic heterocycles. The van der Waals surface area contributed by atoms with Gasteiger partial charge >= 0.3 is 5.69 Å². The van der Waals surface area contributed by atoms with E-state index in [2.05, 4.69) is 33.1 Å². The number of carbonyl (C=O) groups excluding carboxylic acids is 4. The highest BCUT2D eigenvalue weighted by molar-refractivity contribution is 7.13. The van der Waals surface area contributed by atoms with Gasteiger partial charge in [-0.05, 0) is 59.5 Å². The number of H-pyrrole nitrogens is 2. The standard InChI is InChI=1S/C12H10N4OS.C8H8N4O.C7H5FN2O3.C7H9N3O.C2H4/c13-11(17)7-4-6(9-2-1-3-18-9)5-8-10(7)16-12(14)15-8;9-7(13)4-2-1-3-5-6(4)12-8(10)11-5;8-6-4(7(9)11)2-1-3-5(6)10(12)13;8-5-3-1-2-4(6(5)9)7(10)11;1-2/h1-5H,(H2,13,17)(H3,14,15,16);1-3H,(H2,9,13)(H3,10,11,12);1-3H,(H2,9,11);1-3H,8-9H2,(H2,10,11);1-2H2.